The van der Waals surface area contributed by atoms with Gasteiger partial charge in [-0.2, -0.15) is 13.5 Å². The maximum absolute atomic E-state index is 11.6. The monoisotopic (exact) mass is 412 g/mol. The molecule has 29 heavy (non-hydrogen) atoms. The van der Waals surface area contributed by atoms with E-state index in [-0.39, 0.29) is 12.4 Å². The highest BCUT2D eigenvalue weighted by atomic mass is 32.2. The van der Waals surface area contributed by atoms with Crippen molar-refractivity contribution in [2.24, 2.45) is 0 Å². The Labute approximate surface area is 166 Å². The summed E-state index contributed by atoms with van der Waals surface area (Å²) in [7, 11) is -2.53. The number of hydrogen-bond donors (Lipinski definition) is 0. The molecular formula is C18H16N6O4S. The van der Waals surface area contributed by atoms with E-state index >= 15 is 0 Å². The maximum atomic E-state index is 11.6. The molecule has 3 heterocycles. The molecule has 0 spiro atoms. The summed E-state index contributed by atoms with van der Waals surface area (Å²) in [5.74, 6) is 0.559. The number of nitrogens with zero attached hydrogens (tertiary/aromatic N) is 6. The quantitative estimate of drug-likeness (QED) is 0.417. The molecule has 0 fully saturated rings. The van der Waals surface area contributed by atoms with Gasteiger partial charge in [-0.3, -0.25) is 9.17 Å². The third-order valence-electron chi connectivity index (χ3n) is 4.07. The Balaban J connectivity index is 1.59. The number of pyridine rings is 1. The average molecular weight is 412 g/mol. The van der Waals surface area contributed by atoms with E-state index in [4.69, 9.17) is 4.74 Å². The van der Waals surface area contributed by atoms with E-state index < -0.39 is 10.1 Å². The lowest BCUT2D eigenvalue weighted by Gasteiger charge is -2.10. The number of aromatic nitrogens is 6. The molecule has 0 aliphatic carbocycles. The number of hydrogen-bond acceptors (Lipinski definition) is 9. The van der Waals surface area contributed by atoms with Crippen LogP contribution >= 0.6 is 0 Å². The van der Waals surface area contributed by atoms with Crippen LogP contribution in [0.5, 0.6) is 5.88 Å². The van der Waals surface area contributed by atoms with Crippen LogP contribution in [0.1, 0.15) is 11.4 Å². The number of rotatable bonds is 7. The summed E-state index contributed by atoms with van der Waals surface area (Å²) < 4.78 is 35.1. The molecule has 3 aromatic heterocycles. The van der Waals surface area contributed by atoms with Gasteiger partial charge in [-0.15, -0.1) is 10.2 Å². The van der Waals surface area contributed by atoms with Crippen molar-refractivity contribution in [1.82, 2.24) is 29.9 Å². The minimum absolute atomic E-state index is 0.0994. The highest BCUT2D eigenvalue weighted by molar-refractivity contribution is 7.85. The first-order chi connectivity index (χ1) is 14.1. The van der Waals surface area contributed by atoms with Crippen molar-refractivity contribution in [2.75, 3.05) is 7.11 Å². The predicted octanol–water partition coefficient (Wildman–Crippen LogP) is 1.66. The van der Waals surface area contributed by atoms with Crippen molar-refractivity contribution in [3.63, 3.8) is 0 Å². The Morgan fingerprint density at radius 2 is 1.79 bits per heavy atom. The highest BCUT2D eigenvalue weighted by Crippen LogP contribution is 2.26. The molecule has 0 radical (unpaired) electrons. The molecule has 1 aromatic carbocycles. The molecule has 0 aliphatic rings. The first-order valence-electron chi connectivity index (χ1n) is 8.52. The van der Waals surface area contributed by atoms with Crippen molar-refractivity contribution in [1.29, 1.82) is 0 Å². The molecule has 0 N–H and O–H groups in total. The van der Waals surface area contributed by atoms with Crippen LogP contribution in [0.4, 0.5) is 0 Å². The Hall–Kier alpha value is -3.44. The second-order valence-corrected chi connectivity index (χ2v) is 7.73. The van der Waals surface area contributed by atoms with Gasteiger partial charge in [0.05, 0.1) is 18.5 Å². The van der Waals surface area contributed by atoms with Crippen LogP contribution in [-0.2, 0) is 26.7 Å². The van der Waals surface area contributed by atoms with Gasteiger partial charge in [-0.05, 0) is 18.2 Å². The van der Waals surface area contributed by atoms with Crippen LogP contribution in [0, 0.1) is 0 Å². The first-order valence-corrected chi connectivity index (χ1v) is 10.1. The summed E-state index contributed by atoms with van der Waals surface area (Å²) in [6.07, 6.45) is 2.96. The lowest BCUT2D eigenvalue weighted by Crippen LogP contribution is -2.09. The molecule has 0 unspecified atom stereocenters. The SMILES string of the molecule is COS(=O)(=O)Cc1cccc(COc2nnc(-n3cncn3)c3ccccc23)n1. The molecule has 148 valence electrons. The highest BCUT2D eigenvalue weighted by Gasteiger charge is 2.14. The van der Waals surface area contributed by atoms with E-state index in [9.17, 15) is 8.42 Å². The summed E-state index contributed by atoms with van der Waals surface area (Å²) in [5, 5.41) is 14.0. The third kappa shape index (κ3) is 4.20. The van der Waals surface area contributed by atoms with Gasteiger partial charge in [0, 0.05) is 10.8 Å². The summed E-state index contributed by atoms with van der Waals surface area (Å²) in [5.41, 5.74) is 0.922. The van der Waals surface area contributed by atoms with E-state index in [1.807, 2.05) is 24.3 Å². The van der Waals surface area contributed by atoms with Crippen molar-refractivity contribution >= 4 is 20.9 Å². The number of fused-ring (bicyclic) bond motifs is 1. The van der Waals surface area contributed by atoms with E-state index in [1.54, 1.807) is 24.5 Å². The fourth-order valence-corrected chi connectivity index (χ4v) is 3.37. The molecule has 4 aromatic rings. The van der Waals surface area contributed by atoms with Gasteiger partial charge < -0.3 is 4.74 Å². The first kappa shape index (κ1) is 18.9. The molecule has 0 saturated carbocycles. The lowest BCUT2D eigenvalue weighted by molar-refractivity contribution is 0.289. The Bertz CT molecular complexity index is 1240. The minimum Gasteiger partial charge on any atom is -0.470 e. The van der Waals surface area contributed by atoms with Crippen molar-refractivity contribution < 1.29 is 17.3 Å². The maximum Gasteiger partial charge on any atom is 0.272 e. The van der Waals surface area contributed by atoms with Gasteiger partial charge >= 0.3 is 0 Å². The fraction of sp³-hybridized carbons (Fsp3) is 0.167. The van der Waals surface area contributed by atoms with Gasteiger partial charge in [0.25, 0.3) is 10.1 Å². The molecule has 10 nitrogen and oxygen atoms in total. The molecule has 0 saturated heterocycles. The van der Waals surface area contributed by atoms with E-state index in [2.05, 4.69) is 29.4 Å². The second kappa shape index (κ2) is 7.89. The smallest absolute Gasteiger partial charge is 0.272 e. The molecule has 0 aliphatic heterocycles. The van der Waals surface area contributed by atoms with Crippen LogP contribution in [0.3, 0.4) is 0 Å². The van der Waals surface area contributed by atoms with Gasteiger partial charge in [0.15, 0.2) is 5.82 Å². The van der Waals surface area contributed by atoms with Crippen molar-refractivity contribution in [3.8, 4) is 11.7 Å². The second-order valence-electron chi connectivity index (χ2n) is 5.99. The van der Waals surface area contributed by atoms with Crippen molar-refractivity contribution in [3.05, 3.63) is 66.5 Å². The van der Waals surface area contributed by atoms with E-state index in [0.29, 0.717) is 23.1 Å². The van der Waals surface area contributed by atoms with E-state index in [0.717, 1.165) is 17.9 Å². The topological polar surface area (TPSA) is 122 Å². The van der Waals surface area contributed by atoms with Crippen LogP contribution in [0.25, 0.3) is 16.6 Å². The van der Waals surface area contributed by atoms with Gasteiger partial charge in [0.1, 0.15) is 25.0 Å². The summed E-state index contributed by atoms with van der Waals surface area (Å²) in [4.78, 5) is 8.24. The third-order valence-corrected chi connectivity index (χ3v) is 5.23. The van der Waals surface area contributed by atoms with Gasteiger partial charge in [0.2, 0.25) is 5.88 Å². The molecule has 0 amide bonds. The normalized spacial score (nSPS) is 11.6. The van der Waals surface area contributed by atoms with Crippen LogP contribution < -0.4 is 4.74 Å². The Morgan fingerprint density at radius 3 is 2.55 bits per heavy atom. The van der Waals surface area contributed by atoms with Crippen LogP contribution in [0.15, 0.2) is 55.1 Å². The zero-order valence-electron chi connectivity index (χ0n) is 15.3. The minimum atomic E-state index is -3.65. The van der Waals surface area contributed by atoms with Gasteiger partial charge in [-0.25, -0.2) is 9.67 Å². The van der Waals surface area contributed by atoms with E-state index in [1.165, 1.54) is 11.0 Å². The van der Waals surface area contributed by atoms with Gasteiger partial charge in [-0.1, -0.05) is 24.3 Å². The predicted molar refractivity (Wildman–Crippen MR) is 103 cm³/mol. The molecule has 0 atom stereocenters. The lowest BCUT2D eigenvalue weighted by atomic mass is 10.2. The van der Waals surface area contributed by atoms with Crippen LogP contribution in [-0.4, -0.2) is 45.5 Å². The number of benzene rings is 1. The zero-order chi connectivity index (χ0) is 20.3. The average Bonchev–Trinajstić information content (AvgIpc) is 3.26. The molecule has 11 heteroatoms. The Morgan fingerprint density at radius 1 is 1.00 bits per heavy atom. The summed E-state index contributed by atoms with van der Waals surface area (Å²) in [6, 6.07) is 12.6. The Kier molecular flexibility index (Phi) is 5.14. The largest absolute Gasteiger partial charge is 0.470 e. The van der Waals surface area contributed by atoms with Crippen LogP contribution in [0.2, 0.25) is 0 Å². The number of ether oxygens (including phenoxy) is 1. The summed E-state index contributed by atoms with van der Waals surface area (Å²) in [6.45, 7) is 0.0994. The zero-order valence-corrected chi connectivity index (χ0v) is 16.2. The molecule has 0 bridgehead atoms. The standard InChI is InChI=1S/C18H16N6O4S/c1-27-29(25,26)10-14-6-4-5-13(21-14)9-28-18-16-8-3-2-7-15(16)17(22-23-18)24-12-19-11-20-24/h2-8,11-12H,9-10H2,1H3. The molecular weight excluding hydrogens is 396 g/mol. The summed E-state index contributed by atoms with van der Waals surface area (Å²) >= 11 is 0. The molecule has 4 rings (SSSR count). The van der Waals surface area contributed by atoms with Crippen molar-refractivity contribution in [2.45, 2.75) is 12.4 Å². The fourth-order valence-electron chi connectivity index (χ4n) is 2.73.